The van der Waals surface area contributed by atoms with Gasteiger partial charge in [0.25, 0.3) is 0 Å². The van der Waals surface area contributed by atoms with E-state index in [1.165, 1.54) is 15.7 Å². The highest BCUT2D eigenvalue weighted by molar-refractivity contribution is 6.31. The number of ether oxygens (including phenoxy) is 1. The van der Waals surface area contributed by atoms with Crippen molar-refractivity contribution < 1.29 is 19.4 Å². The van der Waals surface area contributed by atoms with Crippen molar-refractivity contribution in [1.29, 1.82) is 0 Å². The SMILES string of the molecule is Cc1nn(C)c(Cl)c1/C=C\C(=O)N1CCO[C@H](C(=O)O)C1. The Morgan fingerprint density at radius 2 is 2.24 bits per heavy atom. The molecule has 1 N–H and O–H groups in total. The molecule has 1 aromatic rings. The van der Waals surface area contributed by atoms with E-state index in [0.717, 1.165) is 5.69 Å². The summed E-state index contributed by atoms with van der Waals surface area (Å²) in [7, 11) is 1.72. The lowest BCUT2D eigenvalue weighted by Gasteiger charge is -2.30. The maximum Gasteiger partial charge on any atom is 0.334 e. The second kappa shape index (κ2) is 6.28. The quantitative estimate of drug-likeness (QED) is 0.831. The average molecular weight is 314 g/mol. The first kappa shape index (κ1) is 15.5. The van der Waals surface area contributed by atoms with Gasteiger partial charge in [0.15, 0.2) is 6.10 Å². The monoisotopic (exact) mass is 313 g/mol. The van der Waals surface area contributed by atoms with E-state index in [1.807, 2.05) is 0 Å². The van der Waals surface area contributed by atoms with Gasteiger partial charge in [-0.05, 0) is 13.0 Å². The third-order valence-corrected chi connectivity index (χ3v) is 3.69. The Balaban J connectivity index is 2.07. The summed E-state index contributed by atoms with van der Waals surface area (Å²) in [6.07, 6.45) is 2.00. The molecule has 1 fully saturated rings. The maximum absolute atomic E-state index is 12.1. The molecule has 1 aliphatic heterocycles. The summed E-state index contributed by atoms with van der Waals surface area (Å²) in [5.74, 6) is -1.34. The van der Waals surface area contributed by atoms with E-state index in [0.29, 0.717) is 17.3 Å². The van der Waals surface area contributed by atoms with Gasteiger partial charge in [0.2, 0.25) is 5.91 Å². The lowest BCUT2D eigenvalue weighted by molar-refractivity contribution is -0.158. The van der Waals surface area contributed by atoms with E-state index in [9.17, 15) is 9.59 Å². The predicted molar refractivity (Wildman–Crippen MR) is 75.9 cm³/mol. The van der Waals surface area contributed by atoms with Gasteiger partial charge in [-0.25, -0.2) is 4.79 Å². The summed E-state index contributed by atoms with van der Waals surface area (Å²) in [4.78, 5) is 24.4. The predicted octanol–water partition coefficient (Wildman–Crippen LogP) is 0.707. The zero-order chi connectivity index (χ0) is 15.6. The Labute approximate surface area is 126 Å². The van der Waals surface area contributed by atoms with Gasteiger partial charge < -0.3 is 14.7 Å². The standard InChI is InChI=1S/C13H16ClN3O4/c1-8-9(12(14)16(2)15-8)3-4-11(18)17-5-6-21-10(7-17)13(19)20/h3-4,10H,5-7H2,1-2H3,(H,19,20)/b4-3-/t10-/m0/s1. The third kappa shape index (κ3) is 3.43. The normalized spacial score (nSPS) is 19.2. The fraction of sp³-hybridized carbons (Fsp3) is 0.462. The average Bonchev–Trinajstić information content (AvgIpc) is 2.70. The molecule has 7 nitrogen and oxygen atoms in total. The second-order valence-corrected chi connectivity index (χ2v) is 5.09. The molecule has 1 aliphatic rings. The van der Waals surface area contributed by atoms with E-state index in [-0.39, 0.29) is 19.1 Å². The van der Waals surface area contributed by atoms with Crippen LogP contribution in [0.15, 0.2) is 6.08 Å². The number of rotatable bonds is 3. The van der Waals surface area contributed by atoms with Crippen molar-refractivity contribution in [3.63, 3.8) is 0 Å². The number of carbonyl (C=O) groups excluding carboxylic acids is 1. The molecule has 114 valence electrons. The van der Waals surface area contributed by atoms with Crippen LogP contribution in [-0.4, -0.2) is 57.5 Å². The first-order chi connectivity index (χ1) is 9.90. The van der Waals surface area contributed by atoms with E-state index < -0.39 is 12.1 Å². The Hall–Kier alpha value is -1.86. The third-order valence-electron chi connectivity index (χ3n) is 3.24. The van der Waals surface area contributed by atoms with Crippen molar-refractivity contribution in [2.24, 2.45) is 7.05 Å². The summed E-state index contributed by atoms with van der Waals surface area (Å²) in [5, 5.41) is 13.5. The number of amides is 1. The molecule has 1 atom stereocenters. The summed E-state index contributed by atoms with van der Waals surface area (Å²) in [5.41, 5.74) is 1.40. The summed E-state index contributed by atoms with van der Waals surface area (Å²) >= 11 is 6.07. The Morgan fingerprint density at radius 1 is 1.52 bits per heavy atom. The van der Waals surface area contributed by atoms with Gasteiger partial charge >= 0.3 is 5.97 Å². The van der Waals surface area contributed by atoms with E-state index in [2.05, 4.69) is 5.10 Å². The van der Waals surface area contributed by atoms with Crippen molar-refractivity contribution in [3.05, 3.63) is 22.5 Å². The largest absolute Gasteiger partial charge is 0.479 e. The Kier molecular flexibility index (Phi) is 4.64. The lowest BCUT2D eigenvalue weighted by atomic mass is 10.2. The zero-order valence-corrected chi connectivity index (χ0v) is 12.5. The number of carbonyl (C=O) groups is 2. The summed E-state index contributed by atoms with van der Waals surface area (Å²) in [6, 6.07) is 0. The van der Waals surface area contributed by atoms with Gasteiger partial charge in [-0.1, -0.05) is 11.6 Å². The summed E-state index contributed by atoms with van der Waals surface area (Å²) in [6.45, 7) is 2.42. The molecule has 0 unspecified atom stereocenters. The molecule has 1 saturated heterocycles. The van der Waals surface area contributed by atoms with Crippen LogP contribution in [0.25, 0.3) is 6.08 Å². The molecule has 0 spiro atoms. The minimum Gasteiger partial charge on any atom is -0.479 e. The highest BCUT2D eigenvalue weighted by atomic mass is 35.5. The minimum absolute atomic E-state index is 0.0399. The maximum atomic E-state index is 12.1. The summed E-state index contributed by atoms with van der Waals surface area (Å²) < 4.78 is 6.60. The van der Waals surface area contributed by atoms with Crippen LogP contribution in [0.4, 0.5) is 0 Å². The van der Waals surface area contributed by atoms with Gasteiger partial charge in [0.05, 0.1) is 18.8 Å². The molecule has 2 rings (SSSR count). The second-order valence-electron chi connectivity index (χ2n) is 4.73. The van der Waals surface area contributed by atoms with Crippen LogP contribution in [0.3, 0.4) is 0 Å². The number of hydrogen-bond acceptors (Lipinski definition) is 4. The number of carboxylic acid groups (broad SMARTS) is 1. The molecule has 1 amide bonds. The van der Waals surface area contributed by atoms with Gasteiger partial charge in [-0.3, -0.25) is 9.48 Å². The fourth-order valence-corrected chi connectivity index (χ4v) is 2.33. The van der Waals surface area contributed by atoms with Gasteiger partial charge in [0.1, 0.15) is 5.15 Å². The molecular weight excluding hydrogens is 298 g/mol. The number of morpholine rings is 1. The van der Waals surface area contributed by atoms with Crippen LogP contribution in [0.1, 0.15) is 11.3 Å². The van der Waals surface area contributed by atoms with Crippen LogP contribution < -0.4 is 0 Å². The number of aromatic nitrogens is 2. The van der Waals surface area contributed by atoms with Crippen LogP contribution in [-0.2, 0) is 21.4 Å². The molecule has 21 heavy (non-hydrogen) atoms. The molecule has 1 aromatic heterocycles. The number of hydrogen-bond donors (Lipinski definition) is 1. The molecular formula is C13H16ClN3O4. The van der Waals surface area contributed by atoms with Crippen molar-refractivity contribution in [2.45, 2.75) is 13.0 Å². The molecule has 0 bridgehead atoms. The molecule has 0 aromatic carbocycles. The van der Waals surface area contributed by atoms with Crippen molar-refractivity contribution >= 4 is 29.6 Å². The van der Waals surface area contributed by atoms with E-state index in [4.69, 9.17) is 21.4 Å². The number of carboxylic acids is 1. The first-order valence-electron chi connectivity index (χ1n) is 6.40. The van der Waals surface area contributed by atoms with Crippen LogP contribution in [0, 0.1) is 6.92 Å². The highest BCUT2D eigenvalue weighted by Gasteiger charge is 2.28. The van der Waals surface area contributed by atoms with Gasteiger partial charge in [-0.15, -0.1) is 0 Å². The smallest absolute Gasteiger partial charge is 0.334 e. The van der Waals surface area contributed by atoms with Crippen LogP contribution in [0.2, 0.25) is 5.15 Å². The minimum atomic E-state index is -1.07. The van der Waals surface area contributed by atoms with Crippen molar-refractivity contribution in [3.8, 4) is 0 Å². The van der Waals surface area contributed by atoms with Gasteiger partial charge in [0, 0.05) is 25.2 Å². The van der Waals surface area contributed by atoms with E-state index in [1.54, 1.807) is 20.0 Å². The van der Waals surface area contributed by atoms with Gasteiger partial charge in [-0.2, -0.15) is 5.10 Å². The number of aliphatic carboxylic acids is 1. The van der Waals surface area contributed by atoms with Crippen molar-refractivity contribution in [2.75, 3.05) is 19.7 Å². The molecule has 8 heteroatoms. The molecule has 0 saturated carbocycles. The Bertz CT molecular complexity index is 596. The zero-order valence-electron chi connectivity index (χ0n) is 11.7. The van der Waals surface area contributed by atoms with Crippen LogP contribution >= 0.6 is 11.6 Å². The topological polar surface area (TPSA) is 84.7 Å². The van der Waals surface area contributed by atoms with E-state index >= 15 is 0 Å². The lowest BCUT2D eigenvalue weighted by Crippen LogP contribution is -2.48. The molecule has 0 aliphatic carbocycles. The number of nitrogens with zero attached hydrogens (tertiary/aromatic N) is 3. The number of aryl methyl sites for hydroxylation is 2. The number of halogens is 1. The van der Waals surface area contributed by atoms with Crippen LogP contribution in [0.5, 0.6) is 0 Å². The molecule has 2 heterocycles. The highest BCUT2D eigenvalue weighted by Crippen LogP contribution is 2.20. The Morgan fingerprint density at radius 3 is 2.81 bits per heavy atom. The molecule has 0 radical (unpaired) electrons. The van der Waals surface area contributed by atoms with Crippen molar-refractivity contribution in [1.82, 2.24) is 14.7 Å². The first-order valence-corrected chi connectivity index (χ1v) is 6.78. The fourth-order valence-electron chi connectivity index (χ4n) is 2.09.